The average Bonchev–Trinajstić information content (AvgIpc) is 2.22. The Morgan fingerprint density at radius 3 is 2.79 bits per heavy atom. The van der Waals surface area contributed by atoms with Gasteiger partial charge in [-0.2, -0.15) is 0 Å². The molecule has 0 aliphatic carbocycles. The zero-order valence-corrected chi connectivity index (χ0v) is 8.06. The molecular formula is C9H17NO4. The van der Waals surface area contributed by atoms with Crippen molar-refractivity contribution in [3.8, 4) is 0 Å². The van der Waals surface area contributed by atoms with Gasteiger partial charge in [0.25, 0.3) is 0 Å². The van der Waals surface area contributed by atoms with Crippen LogP contribution >= 0.6 is 0 Å². The van der Waals surface area contributed by atoms with Crippen LogP contribution in [0.25, 0.3) is 0 Å². The van der Waals surface area contributed by atoms with Gasteiger partial charge in [0.05, 0.1) is 6.61 Å². The number of carbonyl (C=O) groups excluding carboxylic acids is 1. The van der Waals surface area contributed by atoms with Gasteiger partial charge in [-0.05, 0) is 6.42 Å². The first-order valence-corrected chi connectivity index (χ1v) is 4.42. The highest BCUT2D eigenvalue weighted by Crippen LogP contribution is 1.98. The van der Waals surface area contributed by atoms with Crippen molar-refractivity contribution < 1.29 is 19.7 Å². The Bertz CT molecular complexity index is 184. The van der Waals surface area contributed by atoms with Crippen LogP contribution in [0, 0.1) is 0 Å². The minimum absolute atomic E-state index is 0.182. The molecule has 0 heterocycles. The first kappa shape index (κ1) is 13.1. The molecule has 5 nitrogen and oxygen atoms in total. The van der Waals surface area contributed by atoms with Crippen molar-refractivity contribution >= 4 is 5.97 Å². The monoisotopic (exact) mass is 203 g/mol. The maximum absolute atomic E-state index is 11.0. The van der Waals surface area contributed by atoms with Crippen LogP contribution in [0.1, 0.15) is 12.8 Å². The van der Waals surface area contributed by atoms with E-state index in [1.54, 1.807) is 6.08 Å². The van der Waals surface area contributed by atoms with Gasteiger partial charge in [-0.25, -0.2) is 0 Å². The number of ether oxygens (including phenoxy) is 1. The molecule has 0 saturated carbocycles. The van der Waals surface area contributed by atoms with Crippen molar-refractivity contribution in [3.05, 3.63) is 12.7 Å². The minimum Gasteiger partial charge on any atom is -0.463 e. The van der Waals surface area contributed by atoms with Gasteiger partial charge in [0.1, 0.15) is 12.7 Å². The van der Waals surface area contributed by atoms with Gasteiger partial charge >= 0.3 is 5.97 Å². The Hall–Kier alpha value is -0.910. The molecule has 2 atom stereocenters. The van der Waals surface area contributed by atoms with Crippen LogP contribution in [0.15, 0.2) is 12.7 Å². The number of esters is 1. The lowest BCUT2D eigenvalue weighted by molar-refractivity contribution is -0.147. The van der Waals surface area contributed by atoms with Crippen molar-refractivity contribution in [2.75, 3.05) is 13.2 Å². The summed E-state index contributed by atoms with van der Waals surface area (Å²) in [5.74, 6) is -0.435. The van der Waals surface area contributed by atoms with Gasteiger partial charge in [-0.3, -0.25) is 4.79 Å². The molecule has 0 radical (unpaired) electrons. The topological polar surface area (TPSA) is 92.8 Å². The maximum Gasteiger partial charge on any atom is 0.305 e. The SMILES string of the molecule is C=CC(N)CCC(=O)OCC(O)CO. The van der Waals surface area contributed by atoms with Crippen LogP contribution in [-0.2, 0) is 9.53 Å². The highest BCUT2D eigenvalue weighted by Gasteiger charge is 2.08. The molecule has 0 aromatic rings. The van der Waals surface area contributed by atoms with E-state index in [0.717, 1.165) is 0 Å². The molecule has 0 aliphatic heterocycles. The first-order valence-electron chi connectivity index (χ1n) is 4.42. The van der Waals surface area contributed by atoms with Crippen molar-refractivity contribution in [2.24, 2.45) is 5.73 Å². The molecule has 0 aromatic heterocycles. The highest BCUT2D eigenvalue weighted by atomic mass is 16.5. The number of nitrogens with two attached hydrogens (primary N) is 1. The molecule has 0 spiro atoms. The summed E-state index contributed by atoms with van der Waals surface area (Å²) < 4.78 is 4.65. The van der Waals surface area contributed by atoms with Crippen molar-refractivity contribution in [2.45, 2.75) is 25.0 Å². The molecule has 0 bridgehead atoms. The maximum atomic E-state index is 11.0. The fourth-order valence-corrected chi connectivity index (χ4v) is 0.716. The van der Waals surface area contributed by atoms with Crippen LogP contribution < -0.4 is 5.73 Å². The largest absolute Gasteiger partial charge is 0.463 e. The fourth-order valence-electron chi connectivity index (χ4n) is 0.716. The van der Waals surface area contributed by atoms with E-state index in [1.165, 1.54) is 0 Å². The molecule has 0 fully saturated rings. The third-order valence-corrected chi connectivity index (χ3v) is 1.63. The summed E-state index contributed by atoms with van der Waals surface area (Å²) in [7, 11) is 0. The lowest BCUT2D eigenvalue weighted by Gasteiger charge is -2.09. The lowest BCUT2D eigenvalue weighted by atomic mass is 10.2. The summed E-state index contributed by atoms with van der Waals surface area (Å²) in [6, 6.07) is -0.217. The van der Waals surface area contributed by atoms with Crippen LogP contribution in [0.4, 0.5) is 0 Å². The smallest absolute Gasteiger partial charge is 0.305 e. The van der Waals surface area contributed by atoms with Gasteiger partial charge in [0.2, 0.25) is 0 Å². The summed E-state index contributed by atoms with van der Waals surface area (Å²) in [6.07, 6.45) is 1.20. The minimum atomic E-state index is -1.01. The molecule has 0 amide bonds. The van der Waals surface area contributed by atoms with Crippen molar-refractivity contribution in [1.29, 1.82) is 0 Å². The Balaban J connectivity index is 3.50. The second-order valence-electron chi connectivity index (χ2n) is 2.96. The molecule has 4 N–H and O–H groups in total. The molecular weight excluding hydrogens is 186 g/mol. The molecule has 14 heavy (non-hydrogen) atoms. The number of carbonyl (C=O) groups is 1. The standard InChI is InChI=1S/C9H17NO4/c1-2-7(10)3-4-9(13)14-6-8(12)5-11/h2,7-8,11-12H,1,3-6,10H2. The first-order chi connectivity index (χ1) is 6.60. The van der Waals surface area contributed by atoms with Crippen LogP contribution in [0.3, 0.4) is 0 Å². The molecule has 2 unspecified atom stereocenters. The number of hydrogen-bond donors (Lipinski definition) is 3. The van der Waals surface area contributed by atoms with Gasteiger partial charge in [0.15, 0.2) is 0 Å². The van der Waals surface area contributed by atoms with Gasteiger partial charge in [-0.15, -0.1) is 6.58 Å². The number of rotatable bonds is 7. The van der Waals surface area contributed by atoms with E-state index in [-0.39, 0.29) is 19.1 Å². The average molecular weight is 203 g/mol. The third-order valence-electron chi connectivity index (χ3n) is 1.63. The zero-order valence-electron chi connectivity index (χ0n) is 8.06. The summed E-state index contributed by atoms with van der Waals surface area (Å²) in [5, 5.41) is 17.3. The number of hydrogen-bond acceptors (Lipinski definition) is 5. The molecule has 0 aromatic carbocycles. The van der Waals surface area contributed by atoms with Crippen LogP contribution in [0.5, 0.6) is 0 Å². The predicted octanol–water partition coefficient (Wildman–Crippen LogP) is -0.824. The van der Waals surface area contributed by atoms with E-state index in [2.05, 4.69) is 11.3 Å². The van der Waals surface area contributed by atoms with Crippen LogP contribution in [0.2, 0.25) is 0 Å². The summed E-state index contributed by atoms with van der Waals surface area (Å²) in [4.78, 5) is 11.0. The van der Waals surface area contributed by atoms with Gasteiger partial charge in [0, 0.05) is 12.5 Å². The summed E-state index contributed by atoms with van der Waals surface area (Å²) >= 11 is 0. The normalized spacial score (nSPS) is 14.5. The molecule has 5 heteroatoms. The molecule has 0 saturated heterocycles. The Morgan fingerprint density at radius 2 is 2.29 bits per heavy atom. The van der Waals surface area contributed by atoms with E-state index >= 15 is 0 Å². The molecule has 0 rings (SSSR count). The fraction of sp³-hybridized carbons (Fsp3) is 0.667. The Labute approximate surface area is 83.2 Å². The Morgan fingerprint density at radius 1 is 1.64 bits per heavy atom. The molecule has 0 aliphatic rings. The van der Waals surface area contributed by atoms with Crippen molar-refractivity contribution in [1.82, 2.24) is 0 Å². The zero-order chi connectivity index (χ0) is 11.0. The van der Waals surface area contributed by atoms with E-state index in [4.69, 9.17) is 15.9 Å². The molecule has 82 valence electrons. The summed E-state index contributed by atoms with van der Waals surface area (Å²) in [6.45, 7) is 2.88. The second kappa shape index (κ2) is 7.49. The van der Waals surface area contributed by atoms with Gasteiger partial charge in [-0.1, -0.05) is 6.08 Å². The lowest BCUT2D eigenvalue weighted by Crippen LogP contribution is -2.23. The van der Waals surface area contributed by atoms with Crippen LogP contribution in [-0.4, -0.2) is 41.5 Å². The quantitative estimate of drug-likeness (QED) is 0.371. The van der Waals surface area contributed by atoms with E-state index in [1.807, 2.05) is 0 Å². The third kappa shape index (κ3) is 6.59. The summed E-state index contributed by atoms with van der Waals surface area (Å²) in [5.41, 5.74) is 5.49. The highest BCUT2D eigenvalue weighted by molar-refractivity contribution is 5.69. The van der Waals surface area contributed by atoms with E-state index in [0.29, 0.717) is 6.42 Å². The van der Waals surface area contributed by atoms with Gasteiger partial charge < -0.3 is 20.7 Å². The van der Waals surface area contributed by atoms with Crippen molar-refractivity contribution in [3.63, 3.8) is 0 Å². The van der Waals surface area contributed by atoms with E-state index in [9.17, 15) is 4.79 Å². The Kier molecular flexibility index (Phi) is 7.00. The second-order valence-corrected chi connectivity index (χ2v) is 2.96. The predicted molar refractivity (Wildman–Crippen MR) is 51.5 cm³/mol. The number of aliphatic hydroxyl groups excluding tert-OH is 2. The van der Waals surface area contributed by atoms with E-state index < -0.39 is 18.7 Å². The number of aliphatic hydroxyl groups is 2.